The highest BCUT2D eigenvalue weighted by Crippen LogP contribution is 2.21. The van der Waals surface area contributed by atoms with Crippen molar-refractivity contribution in [3.8, 4) is 11.6 Å². The normalized spacial score (nSPS) is 10.2. The Balaban J connectivity index is 2.12. The average molecular weight is 249 g/mol. The van der Waals surface area contributed by atoms with Crippen molar-refractivity contribution in [2.24, 2.45) is 0 Å². The first kappa shape index (κ1) is 11.9. The fraction of sp³-hybridized carbons (Fsp3) is 0.154. The van der Waals surface area contributed by atoms with Crippen LogP contribution in [0.4, 0.5) is 0 Å². The Morgan fingerprint density at radius 3 is 2.65 bits per heavy atom. The van der Waals surface area contributed by atoms with E-state index in [1.807, 2.05) is 37.4 Å². The van der Waals surface area contributed by atoms with Gasteiger partial charge in [0.2, 0.25) is 5.88 Å². The number of ether oxygens (including phenoxy) is 1. The van der Waals surface area contributed by atoms with Crippen LogP contribution in [0, 0.1) is 0 Å². The topological polar surface area (TPSA) is 34.1 Å². The third kappa shape index (κ3) is 3.44. The van der Waals surface area contributed by atoms with E-state index < -0.39 is 0 Å². The lowest BCUT2D eigenvalue weighted by Gasteiger charge is -2.06. The van der Waals surface area contributed by atoms with E-state index in [0.29, 0.717) is 10.9 Å². The van der Waals surface area contributed by atoms with E-state index in [0.717, 1.165) is 18.0 Å². The molecule has 0 fully saturated rings. The molecule has 3 nitrogen and oxygen atoms in total. The molecule has 0 spiro atoms. The van der Waals surface area contributed by atoms with Crippen LogP contribution in [0.15, 0.2) is 42.5 Å². The number of pyridine rings is 1. The fourth-order valence-electron chi connectivity index (χ4n) is 1.42. The zero-order valence-electron chi connectivity index (χ0n) is 9.48. The van der Waals surface area contributed by atoms with Crippen LogP contribution in [-0.2, 0) is 6.54 Å². The number of rotatable bonds is 4. The van der Waals surface area contributed by atoms with Crippen LogP contribution in [0.2, 0.25) is 5.02 Å². The van der Waals surface area contributed by atoms with Gasteiger partial charge in [-0.05, 0) is 37.4 Å². The van der Waals surface area contributed by atoms with Gasteiger partial charge in [0.15, 0.2) is 0 Å². The van der Waals surface area contributed by atoms with Gasteiger partial charge in [0, 0.05) is 17.6 Å². The Kier molecular flexibility index (Phi) is 3.96. The molecule has 0 aliphatic heterocycles. The summed E-state index contributed by atoms with van der Waals surface area (Å²) in [4.78, 5) is 4.36. The smallest absolute Gasteiger partial charge is 0.219 e. The monoisotopic (exact) mass is 248 g/mol. The van der Waals surface area contributed by atoms with E-state index in [-0.39, 0.29) is 0 Å². The van der Waals surface area contributed by atoms with Gasteiger partial charge < -0.3 is 10.1 Å². The molecule has 0 atom stereocenters. The van der Waals surface area contributed by atoms with Crippen LogP contribution in [0.5, 0.6) is 11.6 Å². The minimum atomic E-state index is 0.583. The SMILES string of the molecule is CNCc1cccc(Oc2ccc(Cl)cc2)n1. The lowest BCUT2D eigenvalue weighted by Crippen LogP contribution is -2.06. The van der Waals surface area contributed by atoms with Gasteiger partial charge in [-0.15, -0.1) is 0 Å². The summed E-state index contributed by atoms with van der Waals surface area (Å²) in [6.07, 6.45) is 0. The minimum Gasteiger partial charge on any atom is -0.439 e. The van der Waals surface area contributed by atoms with E-state index in [2.05, 4.69) is 10.3 Å². The maximum Gasteiger partial charge on any atom is 0.219 e. The van der Waals surface area contributed by atoms with Gasteiger partial charge in [0.1, 0.15) is 5.75 Å². The number of nitrogens with one attached hydrogen (secondary N) is 1. The van der Waals surface area contributed by atoms with Crippen LogP contribution in [0.1, 0.15) is 5.69 Å². The molecule has 1 N–H and O–H groups in total. The van der Waals surface area contributed by atoms with Gasteiger partial charge in [-0.1, -0.05) is 17.7 Å². The van der Waals surface area contributed by atoms with Crippen molar-refractivity contribution < 1.29 is 4.74 Å². The van der Waals surface area contributed by atoms with Crippen molar-refractivity contribution in [3.05, 3.63) is 53.2 Å². The maximum atomic E-state index is 5.80. The summed E-state index contributed by atoms with van der Waals surface area (Å²) in [5.41, 5.74) is 0.943. The first-order valence-electron chi connectivity index (χ1n) is 5.32. The molecule has 0 amide bonds. The van der Waals surface area contributed by atoms with Gasteiger partial charge in [-0.2, -0.15) is 0 Å². The molecule has 17 heavy (non-hydrogen) atoms. The molecule has 1 heterocycles. The van der Waals surface area contributed by atoms with E-state index in [4.69, 9.17) is 16.3 Å². The second-order valence-electron chi connectivity index (χ2n) is 3.55. The minimum absolute atomic E-state index is 0.583. The van der Waals surface area contributed by atoms with Crippen molar-refractivity contribution in [2.45, 2.75) is 6.54 Å². The van der Waals surface area contributed by atoms with Crippen LogP contribution in [0.3, 0.4) is 0 Å². The molecule has 0 bridgehead atoms. The highest BCUT2D eigenvalue weighted by atomic mass is 35.5. The lowest BCUT2D eigenvalue weighted by molar-refractivity contribution is 0.460. The number of aromatic nitrogens is 1. The average Bonchev–Trinajstić information content (AvgIpc) is 2.33. The van der Waals surface area contributed by atoms with Crippen LogP contribution >= 0.6 is 11.6 Å². The quantitative estimate of drug-likeness (QED) is 0.902. The highest BCUT2D eigenvalue weighted by Gasteiger charge is 2.00. The Labute approximate surface area is 105 Å². The van der Waals surface area contributed by atoms with Crippen molar-refractivity contribution in [1.29, 1.82) is 0 Å². The fourth-order valence-corrected chi connectivity index (χ4v) is 1.54. The van der Waals surface area contributed by atoms with Crippen molar-refractivity contribution in [3.63, 3.8) is 0 Å². The standard InChI is InChI=1S/C13H13ClN2O/c1-15-9-11-3-2-4-13(16-11)17-12-7-5-10(14)6-8-12/h2-8,15H,9H2,1H3. The largest absolute Gasteiger partial charge is 0.439 e. The van der Waals surface area contributed by atoms with Gasteiger partial charge in [-0.3, -0.25) is 0 Å². The van der Waals surface area contributed by atoms with E-state index >= 15 is 0 Å². The summed E-state index contributed by atoms with van der Waals surface area (Å²) in [5.74, 6) is 1.31. The summed E-state index contributed by atoms with van der Waals surface area (Å²) in [6, 6.07) is 12.9. The third-order valence-corrected chi connectivity index (χ3v) is 2.43. The Hall–Kier alpha value is -1.58. The van der Waals surface area contributed by atoms with Gasteiger partial charge in [-0.25, -0.2) is 4.98 Å². The molecule has 2 rings (SSSR count). The summed E-state index contributed by atoms with van der Waals surface area (Å²) < 4.78 is 5.62. The molecule has 0 unspecified atom stereocenters. The van der Waals surface area contributed by atoms with E-state index in [1.54, 1.807) is 12.1 Å². The first-order valence-corrected chi connectivity index (χ1v) is 5.69. The Morgan fingerprint density at radius 2 is 1.94 bits per heavy atom. The Morgan fingerprint density at radius 1 is 1.18 bits per heavy atom. The number of halogens is 1. The summed E-state index contributed by atoms with van der Waals surface area (Å²) >= 11 is 5.80. The van der Waals surface area contributed by atoms with Gasteiger partial charge >= 0.3 is 0 Å². The molecule has 88 valence electrons. The van der Waals surface area contributed by atoms with Crippen LogP contribution < -0.4 is 10.1 Å². The second kappa shape index (κ2) is 5.66. The number of hydrogen-bond donors (Lipinski definition) is 1. The number of hydrogen-bond acceptors (Lipinski definition) is 3. The second-order valence-corrected chi connectivity index (χ2v) is 3.99. The first-order chi connectivity index (χ1) is 8.28. The molecule has 0 saturated heterocycles. The van der Waals surface area contributed by atoms with E-state index in [9.17, 15) is 0 Å². The molecule has 2 aromatic rings. The molecule has 0 radical (unpaired) electrons. The zero-order valence-corrected chi connectivity index (χ0v) is 10.2. The van der Waals surface area contributed by atoms with Gasteiger partial charge in [0.05, 0.1) is 5.69 Å². The molecular formula is C13H13ClN2O. The summed E-state index contributed by atoms with van der Waals surface area (Å²) in [7, 11) is 1.88. The zero-order chi connectivity index (χ0) is 12.1. The van der Waals surface area contributed by atoms with Crippen molar-refractivity contribution >= 4 is 11.6 Å². The highest BCUT2D eigenvalue weighted by molar-refractivity contribution is 6.30. The molecule has 0 saturated carbocycles. The van der Waals surface area contributed by atoms with Crippen LogP contribution in [-0.4, -0.2) is 12.0 Å². The summed E-state index contributed by atoms with van der Waals surface area (Å²) in [6.45, 7) is 0.720. The molecule has 0 aliphatic carbocycles. The van der Waals surface area contributed by atoms with Crippen LogP contribution in [0.25, 0.3) is 0 Å². The molecule has 1 aromatic carbocycles. The number of benzene rings is 1. The van der Waals surface area contributed by atoms with Crippen molar-refractivity contribution in [1.82, 2.24) is 10.3 Å². The molecule has 1 aromatic heterocycles. The van der Waals surface area contributed by atoms with Crippen molar-refractivity contribution in [2.75, 3.05) is 7.05 Å². The third-order valence-electron chi connectivity index (χ3n) is 2.18. The predicted molar refractivity (Wildman–Crippen MR) is 68.5 cm³/mol. The van der Waals surface area contributed by atoms with E-state index in [1.165, 1.54) is 0 Å². The number of nitrogens with zero attached hydrogens (tertiary/aromatic N) is 1. The molecular weight excluding hydrogens is 236 g/mol. The Bertz CT molecular complexity index is 485. The molecule has 4 heteroatoms. The molecule has 0 aliphatic rings. The summed E-state index contributed by atoms with van der Waals surface area (Å²) in [5, 5.41) is 3.74. The maximum absolute atomic E-state index is 5.80. The predicted octanol–water partition coefficient (Wildman–Crippen LogP) is 3.25. The van der Waals surface area contributed by atoms with Gasteiger partial charge in [0.25, 0.3) is 0 Å². The lowest BCUT2D eigenvalue weighted by atomic mass is 10.3.